The normalized spacial score (nSPS) is 34.0. The highest BCUT2D eigenvalue weighted by Crippen LogP contribution is 2.32. The molecule has 0 aromatic carbocycles. The van der Waals surface area contributed by atoms with Crippen LogP contribution in [0.15, 0.2) is 0 Å². The predicted octanol–water partition coefficient (Wildman–Crippen LogP) is 3.59. The Bertz CT molecular complexity index is 186. The lowest BCUT2D eigenvalue weighted by molar-refractivity contribution is 0.257. The molecule has 0 aromatic rings. The summed E-state index contributed by atoms with van der Waals surface area (Å²) in [4.78, 5) is 0. The van der Waals surface area contributed by atoms with Crippen molar-refractivity contribution in [1.29, 1.82) is 0 Å². The van der Waals surface area contributed by atoms with Gasteiger partial charge < -0.3 is 5.32 Å². The molecule has 2 rings (SSSR count). The Morgan fingerprint density at radius 3 is 2.40 bits per heavy atom. The molecule has 2 fully saturated rings. The average Bonchev–Trinajstić information content (AvgIpc) is 2.55. The van der Waals surface area contributed by atoms with E-state index in [2.05, 4.69) is 19.2 Å². The molecule has 0 radical (unpaired) electrons. The zero-order valence-corrected chi connectivity index (χ0v) is 10.5. The van der Waals surface area contributed by atoms with Gasteiger partial charge in [0.2, 0.25) is 0 Å². The Morgan fingerprint density at radius 2 is 1.87 bits per heavy atom. The fourth-order valence-electron chi connectivity index (χ4n) is 3.19. The minimum Gasteiger partial charge on any atom is -0.314 e. The van der Waals surface area contributed by atoms with E-state index in [0.29, 0.717) is 0 Å². The molecule has 88 valence electrons. The lowest BCUT2D eigenvalue weighted by atomic mass is 9.81. The van der Waals surface area contributed by atoms with Crippen molar-refractivity contribution in [3.05, 3.63) is 0 Å². The number of rotatable bonds is 5. The van der Waals surface area contributed by atoms with E-state index in [1.165, 1.54) is 51.5 Å². The zero-order valence-electron chi connectivity index (χ0n) is 10.5. The van der Waals surface area contributed by atoms with E-state index < -0.39 is 0 Å². The van der Waals surface area contributed by atoms with Crippen LogP contribution in [0.5, 0.6) is 0 Å². The van der Waals surface area contributed by atoms with Crippen molar-refractivity contribution in [3.8, 4) is 0 Å². The van der Waals surface area contributed by atoms with Crippen molar-refractivity contribution >= 4 is 0 Å². The van der Waals surface area contributed by atoms with Crippen molar-refractivity contribution in [3.63, 3.8) is 0 Å². The first kappa shape index (κ1) is 11.4. The molecular formula is C14H27N. The summed E-state index contributed by atoms with van der Waals surface area (Å²) in [5.41, 5.74) is 0. The molecule has 1 heteroatoms. The van der Waals surface area contributed by atoms with Gasteiger partial charge >= 0.3 is 0 Å². The molecule has 3 unspecified atom stereocenters. The van der Waals surface area contributed by atoms with Crippen molar-refractivity contribution in [2.75, 3.05) is 6.54 Å². The first-order chi connectivity index (χ1) is 7.25. The maximum absolute atomic E-state index is 3.75. The largest absolute Gasteiger partial charge is 0.314 e. The molecule has 0 spiro atoms. The minimum atomic E-state index is 0.753. The molecule has 1 N–H and O–H groups in total. The van der Waals surface area contributed by atoms with Crippen LogP contribution in [0.2, 0.25) is 0 Å². The topological polar surface area (TPSA) is 12.0 Å². The van der Waals surface area contributed by atoms with E-state index in [-0.39, 0.29) is 0 Å². The fourth-order valence-corrected chi connectivity index (χ4v) is 3.19. The monoisotopic (exact) mass is 209 g/mol. The SMILES string of the molecule is CC(CC1CCC1)NCC1CCCC1C. The summed E-state index contributed by atoms with van der Waals surface area (Å²) in [5.74, 6) is 2.98. The molecule has 2 aliphatic rings. The molecule has 0 aliphatic heterocycles. The Morgan fingerprint density at radius 1 is 1.13 bits per heavy atom. The Kier molecular flexibility index (Phi) is 4.07. The summed E-state index contributed by atoms with van der Waals surface area (Å²) in [6.07, 6.45) is 10.3. The summed E-state index contributed by atoms with van der Waals surface area (Å²) in [6, 6.07) is 0.753. The number of hydrogen-bond donors (Lipinski definition) is 1. The number of hydrogen-bond acceptors (Lipinski definition) is 1. The Labute approximate surface area is 95.0 Å². The van der Waals surface area contributed by atoms with Gasteiger partial charge in [0.15, 0.2) is 0 Å². The highest BCUT2D eigenvalue weighted by molar-refractivity contribution is 4.79. The molecule has 2 aliphatic carbocycles. The van der Waals surface area contributed by atoms with E-state index in [0.717, 1.165) is 23.8 Å². The minimum absolute atomic E-state index is 0.753. The van der Waals surface area contributed by atoms with Gasteiger partial charge in [-0.05, 0) is 44.1 Å². The van der Waals surface area contributed by atoms with Gasteiger partial charge in [0.1, 0.15) is 0 Å². The maximum atomic E-state index is 3.75. The van der Waals surface area contributed by atoms with Gasteiger partial charge in [-0.2, -0.15) is 0 Å². The second-order valence-corrected chi connectivity index (χ2v) is 6.01. The molecule has 2 saturated carbocycles. The number of nitrogens with one attached hydrogen (secondary N) is 1. The van der Waals surface area contributed by atoms with Crippen molar-refractivity contribution in [1.82, 2.24) is 5.32 Å². The lowest BCUT2D eigenvalue weighted by Gasteiger charge is -2.29. The van der Waals surface area contributed by atoms with Crippen molar-refractivity contribution in [2.45, 2.75) is 64.8 Å². The summed E-state index contributed by atoms with van der Waals surface area (Å²) in [6.45, 7) is 6.07. The van der Waals surface area contributed by atoms with Crippen LogP contribution in [0.25, 0.3) is 0 Å². The van der Waals surface area contributed by atoms with Gasteiger partial charge in [-0.1, -0.05) is 39.0 Å². The summed E-state index contributed by atoms with van der Waals surface area (Å²) in [7, 11) is 0. The molecule has 0 aromatic heterocycles. The summed E-state index contributed by atoms with van der Waals surface area (Å²) in [5, 5.41) is 3.75. The van der Waals surface area contributed by atoms with Crippen LogP contribution < -0.4 is 5.32 Å². The molecule has 15 heavy (non-hydrogen) atoms. The van der Waals surface area contributed by atoms with Crippen LogP contribution in [0.1, 0.15) is 58.8 Å². The van der Waals surface area contributed by atoms with Crippen LogP contribution in [0.3, 0.4) is 0 Å². The smallest absolute Gasteiger partial charge is 0.00414 e. The zero-order chi connectivity index (χ0) is 10.7. The molecule has 3 atom stereocenters. The molecular weight excluding hydrogens is 182 g/mol. The predicted molar refractivity (Wildman–Crippen MR) is 65.9 cm³/mol. The molecule has 0 bridgehead atoms. The lowest BCUT2D eigenvalue weighted by Crippen LogP contribution is -2.34. The van der Waals surface area contributed by atoms with Crippen LogP contribution in [0.4, 0.5) is 0 Å². The van der Waals surface area contributed by atoms with Gasteiger partial charge in [-0.15, -0.1) is 0 Å². The molecule has 1 nitrogen and oxygen atoms in total. The van der Waals surface area contributed by atoms with E-state index in [9.17, 15) is 0 Å². The molecule has 0 saturated heterocycles. The quantitative estimate of drug-likeness (QED) is 0.729. The van der Waals surface area contributed by atoms with Gasteiger partial charge in [0.25, 0.3) is 0 Å². The second kappa shape index (κ2) is 5.34. The van der Waals surface area contributed by atoms with Gasteiger partial charge in [0, 0.05) is 6.04 Å². The Hall–Kier alpha value is -0.0400. The molecule has 0 amide bonds. The third kappa shape index (κ3) is 3.21. The van der Waals surface area contributed by atoms with E-state index in [1.807, 2.05) is 0 Å². The highest BCUT2D eigenvalue weighted by Gasteiger charge is 2.24. The summed E-state index contributed by atoms with van der Waals surface area (Å²) < 4.78 is 0. The summed E-state index contributed by atoms with van der Waals surface area (Å²) >= 11 is 0. The van der Waals surface area contributed by atoms with E-state index in [4.69, 9.17) is 0 Å². The maximum Gasteiger partial charge on any atom is 0.00414 e. The third-order valence-corrected chi connectivity index (χ3v) is 4.68. The Balaban J connectivity index is 1.59. The van der Waals surface area contributed by atoms with Crippen LogP contribution >= 0.6 is 0 Å². The van der Waals surface area contributed by atoms with Crippen LogP contribution in [0, 0.1) is 17.8 Å². The van der Waals surface area contributed by atoms with Crippen LogP contribution in [-0.4, -0.2) is 12.6 Å². The van der Waals surface area contributed by atoms with Gasteiger partial charge in [-0.3, -0.25) is 0 Å². The van der Waals surface area contributed by atoms with E-state index >= 15 is 0 Å². The van der Waals surface area contributed by atoms with Crippen molar-refractivity contribution < 1.29 is 0 Å². The molecule has 0 heterocycles. The van der Waals surface area contributed by atoms with Crippen molar-refractivity contribution in [2.24, 2.45) is 17.8 Å². The highest BCUT2D eigenvalue weighted by atomic mass is 14.9. The second-order valence-electron chi connectivity index (χ2n) is 6.01. The van der Waals surface area contributed by atoms with Gasteiger partial charge in [-0.25, -0.2) is 0 Å². The van der Waals surface area contributed by atoms with Gasteiger partial charge in [0.05, 0.1) is 0 Å². The third-order valence-electron chi connectivity index (χ3n) is 4.68. The fraction of sp³-hybridized carbons (Fsp3) is 1.00. The van der Waals surface area contributed by atoms with Crippen LogP contribution in [-0.2, 0) is 0 Å². The first-order valence-corrected chi connectivity index (χ1v) is 6.99. The first-order valence-electron chi connectivity index (χ1n) is 6.99. The standard InChI is InChI=1S/C14H27N/c1-11-5-3-8-14(11)10-15-12(2)9-13-6-4-7-13/h11-15H,3-10H2,1-2H3. The van der Waals surface area contributed by atoms with E-state index in [1.54, 1.807) is 0 Å². The average molecular weight is 209 g/mol.